The number of ether oxygens (including phenoxy) is 2. The maximum Gasteiger partial charge on any atom is 0.127 e. The lowest BCUT2D eigenvalue weighted by Gasteiger charge is -2.31. The highest BCUT2D eigenvalue weighted by Crippen LogP contribution is 2.39. The molecule has 4 aromatic rings. The molecular formula is C40H52N2O2. The normalized spacial score (nSPS) is 11.4. The van der Waals surface area contributed by atoms with Crippen molar-refractivity contribution in [1.29, 1.82) is 0 Å². The lowest BCUT2D eigenvalue weighted by Crippen LogP contribution is -2.23. The van der Waals surface area contributed by atoms with Gasteiger partial charge in [-0.2, -0.15) is 0 Å². The number of nitrogens with two attached hydrogens (primary N) is 2. The molecule has 0 unspecified atom stereocenters. The minimum Gasteiger partial charge on any atom is -0.457 e. The highest BCUT2D eigenvalue weighted by Gasteiger charge is 2.28. The first kappa shape index (κ1) is 33.0. The molecule has 0 amide bonds. The Balaban J connectivity index is 1.37. The average molecular weight is 593 g/mol. The van der Waals surface area contributed by atoms with E-state index in [1.165, 1.54) is 88.2 Å². The van der Waals surface area contributed by atoms with Gasteiger partial charge in [-0.3, -0.25) is 0 Å². The first-order valence-corrected chi connectivity index (χ1v) is 16.7. The van der Waals surface area contributed by atoms with E-state index in [2.05, 4.69) is 62.4 Å². The van der Waals surface area contributed by atoms with Gasteiger partial charge in [-0.15, -0.1) is 0 Å². The Kier molecular flexibility index (Phi) is 13.0. The molecule has 0 atom stereocenters. The summed E-state index contributed by atoms with van der Waals surface area (Å²) in [4.78, 5) is 0. The fraction of sp³-hybridized carbons (Fsp3) is 0.400. The fourth-order valence-corrected chi connectivity index (χ4v) is 5.90. The van der Waals surface area contributed by atoms with Gasteiger partial charge in [-0.05, 0) is 90.3 Å². The van der Waals surface area contributed by atoms with Crippen molar-refractivity contribution < 1.29 is 9.47 Å². The Labute approximate surface area is 265 Å². The molecule has 4 N–H and O–H groups in total. The molecule has 0 heterocycles. The predicted molar refractivity (Wildman–Crippen MR) is 187 cm³/mol. The second-order valence-corrected chi connectivity index (χ2v) is 12.4. The molecule has 0 aromatic heterocycles. The first-order valence-electron chi connectivity index (χ1n) is 16.7. The van der Waals surface area contributed by atoms with Crippen LogP contribution < -0.4 is 20.9 Å². The van der Waals surface area contributed by atoms with Crippen LogP contribution in [-0.2, 0) is 5.41 Å². The minimum atomic E-state index is -0.127. The SMILES string of the molecule is CCCCCCCCCCCCCCC(C)(c1ccc(Oc2ccc(N)cc2)cc1)c1ccc(Oc2ccc(N)cc2)cc1. The van der Waals surface area contributed by atoms with Crippen molar-refractivity contribution in [3.8, 4) is 23.0 Å². The quantitative estimate of drug-likeness (QED) is 0.0839. The smallest absolute Gasteiger partial charge is 0.127 e. The van der Waals surface area contributed by atoms with Gasteiger partial charge in [0, 0.05) is 16.8 Å². The Morgan fingerprint density at radius 1 is 0.432 bits per heavy atom. The van der Waals surface area contributed by atoms with Gasteiger partial charge >= 0.3 is 0 Å². The number of hydrogen-bond acceptors (Lipinski definition) is 4. The zero-order chi connectivity index (χ0) is 31.0. The van der Waals surface area contributed by atoms with E-state index in [4.69, 9.17) is 20.9 Å². The summed E-state index contributed by atoms with van der Waals surface area (Å²) in [6.07, 6.45) is 17.3. The van der Waals surface area contributed by atoms with Crippen LogP contribution >= 0.6 is 0 Å². The summed E-state index contributed by atoms with van der Waals surface area (Å²) in [5, 5.41) is 0. The van der Waals surface area contributed by atoms with Gasteiger partial charge in [-0.25, -0.2) is 0 Å². The van der Waals surface area contributed by atoms with Gasteiger partial charge in [0.05, 0.1) is 0 Å². The Bertz CT molecular complexity index is 1260. The topological polar surface area (TPSA) is 70.5 Å². The van der Waals surface area contributed by atoms with Crippen LogP contribution in [0.4, 0.5) is 11.4 Å². The molecule has 0 saturated heterocycles. The van der Waals surface area contributed by atoms with E-state index in [-0.39, 0.29) is 5.41 Å². The molecule has 0 radical (unpaired) electrons. The summed E-state index contributed by atoms with van der Waals surface area (Å²) in [6.45, 7) is 4.66. The molecule has 234 valence electrons. The van der Waals surface area contributed by atoms with Crippen LogP contribution in [0.5, 0.6) is 23.0 Å². The summed E-state index contributed by atoms with van der Waals surface area (Å²) >= 11 is 0. The van der Waals surface area contributed by atoms with Crippen molar-refractivity contribution in [1.82, 2.24) is 0 Å². The van der Waals surface area contributed by atoms with Crippen LogP contribution in [0.2, 0.25) is 0 Å². The molecule has 0 aliphatic heterocycles. The van der Waals surface area contributed by atoms with Crippen molar-refractivity contribution in [2.45, 2.75) is 103 Å². The molecule has 0 bridgehead atoms. The van der Waals surface area contributed by atoms with E-state index < -0.39 is 0 Å². The molecule has 44 heavy (non-hydrogen) atoms. The van der Waals surface area contributed by atoms with E-state index >= 15 is 0 Å². The average Bonchev–Trinajstić information content (AvgIpc) is 3.04. The zero-order valence-corrected chi connectivity index (χ0v) is 26.9. The summed E-state index contributed by atoms with van der Waals surface area (Å²) in [7, 11) is 0. The third kappa shape index (κ3) is 10.4. The predicted octanol–water partition coefficient (Wildman–Crippen LogP) is 11.8. The molecular weight excluding hydrogens is 540 g/mol. The molecule has 0 fully saturated rings. The minimum absolute atomic E-state index is 0.127. The van der Waals surface area contributed by atoms with Gasteiger partial charge in [0.15, 0.2) is 0 Å². The van der Waals surface area contributed by atoms with Crippen LogP contribution in [0, 0.1) is 0 Å². The van der Waals surface area contributed by atoms with E-state index in [1.54, 1.807) is 0 Å². The summed E-state index contributed by atoms with van der Waals surface area (Å²) < 4.78 is 12.2. The standard InChI is InChI=1S/C40H52N2O2/c1-3-4-5-6-7-8-9-10-11-12-13-14-31-40(2,32-15-23-36(24-16-32)43-38-27-19-34(41)20-28-38)33-17-25-37(26-18-33)44-39-29-21-35(42)22-30-39/h15-30H,3-14,31,41-42H2,1-2H3. The molecule has 4 heteroatoms. The summed E-state index contributed by atoms with van der Waals surface area (Å²) in [5.41, 5.74) is 15.6. The Morgan fingerprint density at radius 2 is 0.727 bits per heavy atom. The third-order valence-electron chi connectivity index (χ3n) is 8.74. The van der Waals surface area contributed by atoms with Crippen LogP contribution in [0.1, 0.15) is 108 Å². The van der Waals surface area contributed by atoms with Gasteiger partial charge in [0.25, 0.3) is 0 Å². The van der Waals surface area contributed by atoms with E-state index in [1.807, 2.05) is 48.5 Å². The van der Waals surface area contributed by atoms with Crippen molar-refractivity contribution in [2.24, 2.45) is 0 Å². The van der Waals surface area contributed by atoms with Crippen LogP contribution in [0.15, 0.2) is 97.1 Å². The number of hydrogen-bond donors (Lipinski definition) is 2. The number of nitrogen functional groups attached to an aromatic ring is 2. The number of unbranched alkanes of at least 4 members (excludes halogenated alkanes) is 11. The highest BCUT2D eigenvalue weighted by molar-refractivity contribution is 5.47. The van der Waals surface area contributed by atoms with Gasteiger partial charge < -0.3 is 20.9 Å². The van der Waals surface area contributed by atoms with Gasteiger partial charge in [0.2, 0.25) is 0 Å². The lowest BCUT2D eigenvalue weighted by molar-refractivity contribution is 0.462. The highest BCUT2D eigenvalue weighted by atomic mass is 16.5. The van der Waals surface area contributed by atoms with Crippen molar-refractivity contribution in [2.75, 3.05) is 11.5 Å². The monoisotopic (exact) mass is 592 g/mol. The molecule has 0 aliphatic carbocycles. The van der Waals surface area contributed by atoms with Gasteiger partial charge in [-0.1, -0.05) is 115 Å². The van der Waals surface area contributed by atoms with E-state index in [9.17, 15) is 0 Å². The van der Waals surface area contributed by atoms with Crippen LogP contribution in [0.25, 0.3) is 0 Å². The maximum atomic E-state index is 6.08. The molecule has 4 nitrogen and oxygen atoms in total. The van der Waals surface area contributed by atoms with Crippen LogP contribution in [-0.4, -0.2) is 0 Å². The molecule has 0 spiro atoms. The van der Waals surface area contributed by atoms with Gasteiger partial charge in [0.1, 0.15) is 23.0 Å². The second kappa shape index (κ2) is 17.4. The third-order valence-corrected chi connectivity index (χ3v) is 8.74. The molecule has 0 aliphatic rings. The Morgan fingerprint density at radius 3 is 1.07 bits per heavy atom. The largest absolute Gasteiger partial charge is 0.457 e. The number of benzene rings is 4. The number of anilines is 2. The first-order chi connectivity index (χ1) is 21.5. The van der Waals surface area contributed by atoms with Crippen molar-refractivity contribution in [3.05, 3.63) is 108 Å². The van der Waals surface area contributed by atoms with Crippen molar-refractivity contribution in [3.63, 3.8) is 0 Å². The number of rotatable bonds is 19. The van der Waals surface area contributed by atoms with Crippen molar-refractivity contribution >= 4 is 11.4 Å². The molecule has 4 aromatic carbocycles. The second-order valence-electron chi connectivity index (χ2n) is 12.4. The maximum absolute atomic E-state index is 6.08. The lowest BCUT2D eigenvalue weighted by atomic mass is 9.72. The molecule has 0 saturated carbocycles. The zero-order valence-electron chi connectivity index (χ0n) is 26.9. The van der Waals surface area contributed by atoms with E-state index in [0.717, 1.165) is 40.8 Å². The fourth-order valence-electron chi connectivity index (χ4n) is 5.90. The summed E-state index contributed by atoms with van der Waals surface area (Å²) in [5.74, 6) is 3.20. The molecule has 4 rings (SSSR count). The summed E-state index contributed by atoms with van der Waals surface area (Å²) in [6, 6.07) is 32.2. The van der Waals surface area contributed by atoms with Crippen LogP contribution in [0.3, 0.4) is 0 Å². The Hall–Kier alpha value is -3.92. The van der Waals surface area contributed by atoms with E-state index in [0.29, 0.717) is 0 Å².